The molecule has 0 aromatic heterocycles. The molecule has 1 aliphatic rings. The maximum atomic E-state index is 12.3. The van der Waals surface area contributed by atoms with E-state index in [0.717, 1.165) is 25.1 Å². The summed E-state index contributed by atoms with van der Waals surface area (Å²) in [5.74, 6) is 0.670. The van der Waals surface area contributed by atoms with Gasteiger partial charge in [0.2, 0.25) is 0 Å². The predicted molar refractivity (Wildman–Crippen MR) is 90.7 cm³/mol. The molecule has 0 bridgehead atoms. The molecule has 1 heterocycles. The van der Waals surface area contributed by atoms with Crippen LogP contribution in [0.15, 0.2) is 48.5 Å². The van der Waals surface area contributed by atoms with Crippen LogP contribution < -0.4 is 15.4 Å². The molecule has 1 amide bonds. The van der Waals surface area contributed by atoms with Crippen LogP contribution in [0.1, 0.15) is 27.9 Å². The Morgan fingerprint density at radius 2 is 2.13 bits per heavy atom. The first-order valence-corrected chi connectivity index (χ1v) is 8.01. The topological polar surface area (TPSA) is 50.4 Å². The molecule has 23 heavy (non-hydrogen) atoms. The van der Waals surface area contributed by atoms with Crippen molar-refractivity contribution in [3.8, 4) is 5.75 Å². The van der Waals surface area contributed by atoms with Crippen LogP contribution in [-0.2, 0) is 6.61 Å². The summed E-state index contributed by atoms with van der Waals surface area (Å²) in [6, 6.07) is 15.8. The van der Waals surface area contributed by atoms with E-state index in [0.29, 0.717) is 17.9 Å². The van der Waals surface area contributed by atoms with Gasteiger partial charge in [0.05, 0.1) is 0 Å². The van der Waals surface area contributed by atoms with Crippen LogP contribution in [0.2, 0.25) is 0 Å². The second-order valence-electron chi connectivity index (χ2n) is 5.97. The molecule has 120 valence electrons. The summed E-state index contributed by atoms with van der Waals surface area (Å²) < 4.78 is 5.82. The third-order valence-electron chi connectivity index (χ3n) is 3.98. The standard InChI is InChI=1S/C19H22N2O2/c1-14-4-2-5-15(10-14)13-23-18-7-3-6-16(11-18)19(22)21-17-8-9-20-12-17/h2-7,10-11,17,20H,8-9,12-13H2,1H3,(H,21,22). The molecule has 2 aromatic rings. The van der Waals surface area contributed by atoms with Crippen LogP contribution in [-0.4, -0.2) is 25.0 Å². The summed E-state index contributed by atoms with van der Waals surface area (Å²) in [5, 5.41) is 6.29. The zero-order valence-electron chi connectivity index (χ0n) is 13.3. The van der Waals surface area contributed by atoms with E-state index in [1.54, 1.807) is 6.07 Å². The van der Waals surface area contributed by atoms with Crippen molar-refractivity contribution in [3.05, 3.63) is 65.2 Å². The van der Waals surface area contributed by atoms with Gasteiger partial charge in [0.1, 0.15) is 12.4 Å². The fourth-order valence-electron chi connectivity index (χ4n) is 2.74. The summed E-state index contributed by atoms with van der Waals surface area (Å²) in [6.45, 7) is 4.37. The first-order valence-electron chi connectivity index (χ1n) is 8.01. The number of rotatable bonds is 5. The van der Waals surface area contributed by atoms with Gasteiger partial charge in [-0.15, -0.1) is 0 Å². The Morgan fingerprint density at radius 3 is 2.91 bits per heavy atom. The van der Waals surface area contributed by atoms with Crippen molar-refractivity contribution in [1.29, 1.82) is 0 Å². The van der Waals surface area contributed by atoms with Crippen molar-refractivity contribution in [2.75, 3.05) is 13.1 Å². The highest BCUT2D eigenvalue weighted by Gasteiger charge is 2.17. The minimum Gasteiger partial charge on any atom is -0.489 e. The van der Waals surface area contributed by atoms with Gasteiger partial charge in [0, 0.05) is 18.2 Å². The highest BCUT2D eigenvalue weighted by Crippen LogP contribution is 2.16. The SMILES string of the molecule is Cc1cccc(COc2cccc(C(=O)NC3CCNC3)c2)c1. The zero-order valence-corrected chi connectivity index (χ0v) is 13.3. The van der Waals surface area contributed by atoms with Crippen molar-refractivity contribution < 1.29 is 9.53 Å². The van der Waals surface area contributed by atoms with E-state index < -0.39 is 0 Å². The molecule has 4 heteroatoms. The molecule has 0 radical (unpaired) electrons. The quantitative estimate of drug-likeness (QED) is 0.893. The Hall–Kier alpha value is -2.33. The first-order chi connectivity index (χ1) is 11.2. The molecule has 1 unspecified atom stereocenters. The van der Waals surface area contributed by atoms with E-state index in [9.17, 15) is 4.79 Å². The number of ether oxygens (including phenoxy) is 1. The van der Waals surface area contributed by atoms with Gasteiger partial charge in [0.25, 0.3) is 5.91 Å². The molecule has 1 aliphatic heterocycles. The molecule has 2 N–H and O–H groups in total. The van der Waals surface area contributed by atoms with Crippen molar-refractivity contribution in [3.63, 3.8) is 0 Å². The maximum absolute atomic E-state index is 12.3. The van der Waals surface area contributed by atoms with E-state index in [-0.39, 0.29) is 11.9 Å². The Balaban J connectivity index is 1.61. The normalized spacial score (nSPS) is 17.0. The third kappa shape index (κ3) is 4.33. The minimum absolute atomic E-state index is 0.0419. The number of nitrogens with one attached hydrogen (secondary N) is 2. The van der Waals surface area contributed by atoms with E-state index in [4.69, 9.17) is 4.74 Å². The number of amides is 1. The van der Waals surface area contributed by atoms with Crippen LogP contribution in [0, 0.1) is 6.92 Å². The minimum atomic E-state index is -0.0419. The van der Waals surface area contributed by atoms with Gasteiger partial charge in [-0.1, -0.05) is 35.9 Å². The highest BCUT2D eigenvalue weighted by atomic mass is 16.5. The maximum Gasteiger partial charge on any atom is 0.251 e. The first kappa shape index (κ1) is 15.6. The number of carbonyl (C=O) groups is 1. The monoisotopic (exact) mass is 310 g/mol. The molecule has 2 aromatic carbocycles. The van der Waals surface area contributed by atoms with Crippen LogP contribution >= 0.6 is 0 Å². The zero-order chi connectivity index (χ0) is 16.1. The predicted octanol–water partition coefficient (Wildman–Crippen LogP) is 2.67. The number of hydrogen-bond donors (Lipinski definition) is 2. The average molecular weight is 310 g/mol. The molecule has 4 nitrogen and oxygen atoms in total. The molecule has 1 fully saturated rings. The lowest BCUT2D eigenvalue weighted by atomic mass is 10.1. The molecule has 1 saturated heterocycles. The molecule has 0 saturated carbocycles. The molecular formula is C19H22N2O2. The van der Waals surface area contributed by atoms with Crippen LogP contribution in [0.3, 0.4) is 0 Å². The van der Waals surface area contributed by atoms with E-state index >= 15 is 0 Å². The summed E-state index contributed by atoms with van der Waals surface area (Å²) in [4.78, 5) is 12.3. The summed E-state index contributed by atoms with van der Waals surface area (Å²) in [6.07, 6.45) is 0.981. The van der Waals surface area contributed by atoms with Gasteiger partial charge >= 0.3 is 0 Å². The second-order valence-corrected chi connectivity index (χ2v) is 5.97. The van der Waals surface area contributed by atoms with Gasteiger partial charge in [-0.3, -0.25) is 4.79 Å². The number of aryl methyl sites for hydroxylation is 1. The van der Waals surface area contributed by atoms with E-state index in [2.05, 4.69) is 29.7 Å². The summed E-state index contributed by atoms with van der Waals surface area (Å²) in [5.41, 5.74) is 2.97. The lowest BCUT2D eigenvalue weighted by Crippen LogP contribution is -2.36. The van der Waals surface area contributed by atoms with Crippen molar-refractivity contribution >= 4 is 5.91 Å². The van der Waals surface area contributed by atoms with Crippen molar-refractivity contribution in [1.82, 2.24) is 10.6 Å². The molecule has 1 atom stereocenters. The molecule has 0 aliphatic carbocycles. The van der Waals surface area contributed by atoms with E-state index in [1.807, 2.05) is 30.3 Å². The molecule has 3 rings (SSSR count). The second kappa shape index (κ2) is 7.29. The fraction of sp³-hybridized carbons (Fsp3) is 0.316. The lowest BCUT2D eigenvalue weighted by Gasteiger charge is -2.12. The Morgan fingerprint density at radius 1 is 1.26 bits per heavy atom. The van der Waals surface area contributed by atoms with Gasteiger partial charge in [-0.05, 0) is 43.7 Å². The number of benzene rings is 2. The third-order valence-corrected chi connectivity index (χ3v) is 3.98. The van der Waals surface area contributed by atoms with Crippen LogP contribution in [0.25, 0.3) is 0 Å². The van der Waals surface area contributed by atoms with Crippen molar-refractivity contribution in [2.24, 2.45) is 0 Å². The van der Waals surface area contributed by atoms with Gasteiger partial charge < -0.3 is 15.4 Å². The average Bonchev–Trinajstić information content (AvgIpc) is 3.06. The fourth-order valence-corrected chi connectivity index (χ4v) is 2.74. The smallest absolute Gasteiger partial charge is 0.251 e. The van der Waals surface area contributed by atoms with Gasteiger partial charge in [0.15, 0.2) is 0 Å². The van der Waals surface area contributed by atoms with Crippen molar-refractivity contribution in [2.45, 2.75) is 26.0 Å². The Bertz CT molecular complexity index is 679. The number of carbonyl (C=O) groups excluding carboxylic acids is 1. The Labute approximate surface area is 136 Å². The number of hydrogen-bond acceptors (Lipinski definition) is 3. The Kier molecular flexibility index (Phi) is 4.93. The molecular weight excluding hydrogens is 288 g/mol. The van der Waals surface area contributed by atoms with Crippen LogP contribution in [0.4, 0.5) is 0 Å². The largest absolute Gasteiger partial charge is 0.489 e. The van der Waals surface area contributed by atoms with Gasteiger partial charge in [-0.2, -0.15) is 0 Å². The van der Waals surface area contributed by atoms with Gasteiger partial charge in [-0.25, -0.2) is 0 Å². The van der Waals surface area contributed by atoms with E-state index in [1.165, 1.54) is 5.56 Å². The highest BCUT2D eigenvalue weighted by molar-refractivity contribution is 5.94. The lowest BCUT2D eigenvalue weighted by molar-refractivity contribution is 0.0939. The van der Waals surface area contributed by atoms with Crippen LogP contribution in [0.5, 0.6) is 5.75 Å². The molecule has 0 spiro atoms. The summed E-state index contributed by atoms with van der Waals surface area (Å²) >= 11 is 0. The summed E-state index contributed by atoms with van der Waals surface area (Å²) in [7, 11) is 0.